The van der Waals surface area contributed by atoms with E-state index in [2.05, 4.69) is 5.32 Å². The van der Waals surface area contributed by atoms with Gasteiger partial charge in [0.05, 0.1) is 29.5 Å². The van der Waals surface area contributed by atoms with Crippen LogP contribution in [0.3, 0.4) is 0 Å². The molecule has 2 aromatic carbocycles. The fraction of sp³-hybridized carbons (Fsp3) is 0.316. The number of nitrogens with zero attached hydrogens (tertiary/aromatic N) is 1. The van der Waals surface area contributed by atoms with Crippen LogP contribution in [0.2, 0.25) is 0 Å². The number of ether oxygens (including phenoxy) is 1. The van der Waals surface area contributed by atoms with Crippen LogP contribution in [0.25, 0.3) is 0 Å². The lowest BCUT2D eigenvalue weighted by atomic mass is 10.1. The molecule has 0 aromatic heterocycles. The Kier molecular flexibility index (Phi) is 5.18. The van der Waals surface area contributed by atoms with Crippen molar-refractivity contribution in [3.8, 4) is 0 Å². The van der Waals surface area contributed by atoms with E-state index in [1.807, 2.05) is 6.92 Å². The van der Waals surface area contributed by atoms with Gasteiger partial charge in [0, 0.05) is 18.8 Å². The van der Waals surface area contributed by atoms with Crippen LogP contribution in [0.5, 0.6) is 0 Å². The van der Waals surface area contributed by atoms with Gasteiger partial charge in [-0.15, -0.1) is 0 Å². The third kappa shape index (κ3) is 4.16. The number of morpholine rings is 1. The topological polar surface area (TPSA) is 41.6 Å². The van der Waals surface area contributed by atoms with Gasteiger partial charge in [-0.2, -0.15) is 13.2 Å². The summed E-state index contributed by atoms with van der Waals surface area (Å²) in [6.45, 7) is 3.33. The zero-order valence-corrected chi connectivity index (χ0v) is 14.2. The molecule has 7 heteroatoms. The molecule has 0 bridgehead atoms. The Labute approximate surface area is 149 Å². The van der Waals surface area contributed by atoms with Crippen molar-refractivity contribution < 1.29 is 22.7 Å². The van der Waals surface area contributed by atoms with Crippen LogP contribution < -0.4 is 5.32 Å². The Balaban J connectivity index is 1.85. The van der Waals surface area contributed by atoms with Crippen molar-refractivity contribution >= 4 is 17.3 Å². The summed E-state index contributed by atoms with van der Waals surface area (Å²) < 4.78 is 44.1. The largest absolute Gasteiger partial charge is 0.416 e. The van der Waals surface area contributed by atoms with Crippen molar-refractivity contribution in [1.29, 1.82) is 0 Å². The highest BCUT2D eigenvalue weighted by Crippen LogP contribution is 2.32. The number of hydrogen-bond donors (Lipinski definition) is 1. The first-order chi connectivity index (χ1) is 12.3. The Hall–Kier alpha value is -2.54. The van der Waals surface area contributed by atoms with Crippen LogP contribution in [0.1, 0.15) is 22.8 Å². The first kappa shape index (κ1) is 18.3. The molecule has 1 N–H and O–H groups in total. The monoisotopic (exact) mass is 364 g/mol. The highest BCUT2D eigenvalue weighted by atomic mass is 19.4. The summed E-state index contributed by atoms with van der Waals surface area (Å²) in [4.78, 5) is 14.5. The highest BCUT2D eigenvalue weighted by Gasteiger charge is 2.30. The quantitative estimate of drug-likeness (QED) is 0.882. The average Bonchev–Trinajstić information content (AvgIpc) is 2.61. The fourth-order valence-electron chi connectivity index (χ4n) is 2.88. The normalized spacial score (nSPS) is 17.8. The van der Waals surface area contributed by atoms with E-state index in [1.54, 1.807) is 29.2 Å². The van der Waals surface area contributed by atoms with E-state index in [0.29, 0.717) is 30.9 Å². The maximum Gasteiger partial charge on any atom is 0.416 e. The molecule has 1 saturated heterocycles. The van der Waals surface area contributed by atoms with E-state index in [1.165, 1.54) is 12.1 Å². The number of anilines is 2. The van der Waals surface area contributed by atoms with Gasteiger partial charge < -0.3 is 15.0 Å². The molecule has 0 saturated carbocycles. The van der Waals surface area contributed by atoms with Gasteiger partial charge in [0.25, 0.3) is 5.91 Å². The number of nitrogens with one attached hydrogen (secondary N) is 1. The van der Waals surface area contributed by atoms with Gasteiger partial charge in [-0.1, -0.05) is 18.2 Å². The van der Waals surface area contributed by atoms with Crippen LogP contribution in [0.4, 0.5) is 24.5 Å². The van der Waals surface area contributed by atoms with Crippen molar-refractivity contribution in [2.45, 2.75) is 19.2 Å². The second-order valence-corrected chi connectivity index (χ2v) is 6.18. The molecule has 1 amide bonds. The number of amides is 1. The Morgan fingerprint density at radius 1 is 1.19 bits per heavy atom. The van der Waals surface area contributed by atoms with Crippen LogP contribution >= 0.6 is 0 Å². The van der Waals surface area contributed by atoms with Crippen molar-refractivity contribution in [3.05, 3.63) is 59.7 Å². The van der Waals surface area contributed by atoms with Crippen LogP contribution in [-0.4, -0.2) is 36.6 Å². The molecule has 0 spiro atoms. The Bertz CT molecular complexity index is 792. The van der Waals surface area contributed by atoms with E-state index in [9.17, 15) is 18.0 Å². The highest BCUT2D eigenvalue weighted by molar-refractivity contribution is 6.00. The van der Waals surface area contributed by atoms with Gasteiger partial charge in [-0.05, 0) is 37.3 Å². The van der Waals surface area contributed by atoms with Gasteiger partial charge in [-0.25, -0.2) is 0 Å². The first-order valence-electron chi connectivity index (χ1n) is 8.29. The number of carbonyl (C=O) groups excluding carboxylic acids is 1. The maximum atomic E-state index is 12.9. The molecule has 3 rings (SSSR count). The van der Waals surface area contributed by atoms with Crippen molar-refractivity contribution in [3.63, 3.8) is 0 Å². The number of rotatable bonds is 3. The lowest BCUT2D eigenvalue weighted by Gasteiger charge is -2.31. The number of hydrogen-bond acceptors (Lipinski definition) is 3. The lowest BCUT2D eigenvalue weighted by molar-refractivity contribution is -0.137. The average molecular weight is 364 g/mol. The van der Waals surface area contributed by atoms with E-state index >= 15 is 0 Å². The summed E-state index contributed by atoms with van der Waals surface area (Å²) in [5.74, 6) is -0.171. The summed E-state index contributed by atoms with van der Waals surface area (Å²) in [5.41, 5.74) is 0.415. The number of halogens is 3. The van der Waals surface area contributed by atoms with Crippen LogP contribution in [0.15, 0.2) is 48.5 Å². The summed E-state index contributed by atoms with van der Waals surface area (Å²) in [6.07, 6.45) is -4.46. The minimum atomic E-state index is -4.42. The molecule has 0 radical (unpaired) electrons. The molecule has 4 nitrogen and oxygen atoms in total. The minimum Gasteiger partial charge on any atom is -0.375 e. The zero-order chi connectivity index (χ0) is 18.7. The fourth-order valence-corrected chi connectivity index (χ4v) is 2.88. The summed E-state index contributed by atoms with van der Waals surface area (Å²) in [6, 6.07) is 11.7. The molecule has 1 aliphatic heterocycles. The molecule has 1 unspecified atom stereocenters. The van der Waals surface area contributed by atoms with Crippen molar-refractivity contribution in [2.75, 3.05) is 25.0 Å². The van der Waals surface area contributed by atoms with E-state index in [-0.39, 0.29) is 17.7 Å². The maximum absolute atomic E-state index is 12.9. The predicted molar refractivity (Wildman–Crippen MR) is 92.5 cm³/mol. The Morgan fingerprint density at radius 3 is 2.69 bits per heavy atom. The SMILES string of the molecule is CC1CN(C(=O)c2ccccc2Nc2cccc(C(F)(F)F)c2)CCO1. The Morgan fingerprint density at radius 2 is 1.96 bits per heavy atom. The molecule has 1 heterocycles. The van der Waals surface area contributed by atoms with Crippen molar-refractivity contribution in [2.24, 2.45) is 0 Å². The molecule has 1 fully saturated rings. The summed E-state index contributed by atoms with van der Waals surface area (Å²) in [5, 5.41) is 2.94. The number of alkyl halides is 3. The van der Waals surface area contributed by atoms with Crippen molar-refractivity contribution in [1.82, 2.24) is 4.90 Å². The van der Waals surface area contributed by atoms with Gasteiger partial charge in [0.2, 0.25) is 0 Å². The first-order valence-corrected chi connectivity index (χ1v) is 8.29. The third-order valence-corrected chi connectivity index (χ3v) is 4.15. The molecular weight excluding hydrogens is 345 g/mol. The van der Waals surface area contributed by atoms with Gasteiger partial charge in [-0.3, -0.25) is 4.79 Å². The smallest absolute Gasteiger partial charge is 0.375 e. The third-order valence-electron chi connectivity index (χ3n) is 4.15. The second kappa shape index (κ2) is 7.37. The molecule has 2 aromatic rings. The number of benzene rings is 2. The molecule has 26 heavy (non-hydrogen) atoms. The number of carbonyl (C=O) groups is 1. The van der Waals surface area contributed by atoms with Gasteiger partial charge >= 0.3 is 6.18 Å². The summed E-state index contributed by atoms with van der Waals surface area (Å²) >= 11 is 0. The molecule has 1 aliphatic rings. The minimum absolute atomic E-state index is 0.0451. The van der Waals surface area contributed by atoms with E-state index in [0.717, 1.165) is 12.1 Å². The van der Waals surface area contributed by atoms with E-state index in [4.69, 9.17) is 4.74 Å². The molecule has 1 atom stereocenters. The van der Waals surface area contributed by atoms with Gasteiger partial charge in [0.15, 0.2) is 0 Å². The summed E-state index contributed by atoms with van der Waals surface area (Å²) in [7, 11) is 0. The zero-order valence-electron chi connectivity index (χ0n) is 14.2. The standard InChI is InChI=1S/C19H19F3N2O2/c1-13-12-24(9-10-26-13)18(25)16-7-2-3-8-17(16)23-15-6-4-5-14(11-15)19(20,21)22/h2-8,11,13,23H,9-10,12H2,1H3. The molecular formula is C19H19F3N2O2. The van der Waals surface area contributed by atoms with E-state index < -0.39 is 11.7 Å². The molecule has 0 aliphatic carbocycles. The van der Waals surface area contributed by atoms with Gasteiger partial charge in [0.1, 0.15) is 0 Å². The predicted octanol–water partition coefficient (Wildman–Crippen LogP) is 4.31. The molecule has 138 valence electrons. The lowest BCUT2D eigenvalue weighted by Crippen LogP contribution is -2.44. The number of para-hydroxylation sites is 1. The van der Waals surface area contributed by atoms with Crippen LogP contribution in [-0.2, 0) is 10.9 Å². The van der Waals surface area contributed by atoms with Crippen LogP contribution in [0, 0.1) is 0 Å². The second-order valence-electron chi connectivity index (χ2n) is 6.18.